The summed E-state index contributed by atoms with van der Waals surface area (Å²) in [5.74, 6) is 0. The van der Waals surface area contributed by atoms with E-state index in [0.29, 0.717) is 31.0 Å². The number of hydrogen-bond donors (Lipinski definition) is 0. The molecule has 0 bridgehead atoms. The Morgan fingerprint density at radius 3 is 0.580 bits per heavy atom. The fraction of sp³-hybridized carbons (Fsp3) is 0.583. The van der Waals surface area contributed by atoms with E-state index in [9.17, 15) is 0 Å². The fourth-order valence-corrected chi connectivity index (χ4v) is 104. The molecule has 16 heteroatoms. The second-order valence-corrected chi connectivity index (χ2v) is 114. The zero-order valence-corrected chi connectivity index (χ0v) is 80.4. The molecule has 0 heterocycles. The third kappa shape index (κ3) is 20.0. The molecular weight excluding hydrogens is 1420 g/mol. The summed E-state index contributed by atoms with van der Waals surface area (Å²) in [6.45, 7) is 97.5. The van der Waals surface area contributed by atoms with Gasteiger partial charge in [0.25, 0.3) is 0 Å². The molecule has 0 radical (unpaired) electrons. The summed E-state index contributed by atoms with van der Waals surface area (Å²) in [4.78, 5) is 6.32. The monoisotopic (exact) mass is 1550 g/mol. The van der Waals surface area contributed by atoms with Crippen LogP contribution in [0.5, 0.6) is 0 Å². The van der Waals surface area contributed by atoms with Gasteiger partial charge in [0.05, 0.1) is 0 Å². The first kappa shape index (κ1) is 79.1. The SMILES string of the molecule is C[Si](C)(C)C(c1cc(C([Si](C)(C)C)[Si](C)(C)C)c(Sc2ccccc2[Se]c2ccccc2[Se]c2ccccc2Sc2c(C([Si](C)(C)C)[Si](C)(C)C)cc(C([Si](C)(C)C)[Si](C)(C)C)cc2C([Si](C)(C)C)[Si](C)(C)C)c(C([Si](C)(C)C)[Si](C)(C)C)c1)[Si](C)(C)C. The van der Waals surface area contributed by atoms with Gasteiger partial charge in [-0.05, 0) is 0 Å². The molecule has 5 aromatic carbocycles. The van der Waals surface area contributed by atoms with Gasteiger partial charge in [-0.1, -0.05) is 0 Å². The Morgan fingerprint density at radius 2 is 0.398 bits per heavy atom. The van der Waals surface area contributed by atoms with Crippen molar-refractivity contribution in [2.45, 2.75) is 286 Å². The van der Waals surface area contributed by atoms with Crippen LogP contribution in [0, 0.1) is 0 Å². The van der Waals surface area contributed by atoms with Crippen molar-refractivity contribution in [3.05, 3.63) is 130 Å². The van der Waals surface area contributed by atoms with Crippen molar-refractivity contribution in [3.8, 4) is 0 Å². The number of benzene rings is 5. The van der Waals surface area contributed by atoms with E-state index in [1.165, 1.54) is 9.79 Å². The van der Waals surface area contributed by atoms with Gasteiger partial charge in [-0.15, -0.1) is 0 Å². The van der Waals surface area contributed by atoms with E-state index in [-0.39, 0.29) is 29.9 Å². The van der Waals surface area contributed by atoms with Gasteiger partial charge in [-0.3, -0.25) is 0 Å². The minimum atomic E-state index is -1.73. The first-order valence-corrected chi connectivity index (χ1v) is 81.6. The van der Waals surface area contributed by atoms with Crippen molar-refractivity contribution in [2.75, 3.05) is 0 Å². The van der Waals surface area contributed by atoms with E-state index < -0.39 is 96.9 Å². The second kappa shape index (κ2) is 28.1. The van der Waals surface area contributed by atoms with Crippen LogP contribution in [-0.2, 0) is 0 Å². The molecular formula is C72H130S2Se2Si12. The third-order valence-electron chi connectivity index (χ3n) is 18.1. The van der Waals surface area contributed by atoms with Gasteiger partial charge >= 0.3 is 585 Å². The van der Waals surface area contributed by atoms with Crippen LogP contribution in [0.2, 0.25) is 236 Å². The van der Waals surface area contributed by atoms with Crippen LogP contribution in [0.3, 0.4) is 0 Å². The molecule has 5 rings (SSSR count). The van der Waals surface area contributed by atoms with Gasteiger partial charge in [0.15, 0.2) is 0 Å². The Kier molecular flexibility index (Phi) is 25.3. The zero-order chi connectivity index (χ0) is 67.7. The Labute approximate surface area is 578 Å². The summed E-state index contributed by atoms with van der Waals surface area (Å²) in [5.41, 5.74) is 10.5. The van der Waals surface area contributed by atoms with Crippen LogP contribution >= 0.6 is 23.5 Å². The molecule has 0 spiro atoms. The molecule has 0 N–H and O–H groups in total. The number of rotatable bonds is 26. The van der Waals surface area contributed by atoms with Crippen molar-refractivity contribution in [2.24, 2.45) is 0 Å². The van der Waals surface area contributed by atoms with Crippen molar-refractivity contribution >= 4 is 168 Å². The van der Waals surface area contributed by atoms with Crippen LogP contribution in [-0.4, -0.2) is 127 Å². The molecule has 0 fully saturated rings. The maximum absolute atomic E-state index is 2.91. The van der Waals surface area contributed by atoms with Gasteiger partial charge < -0.3 is 0 Å². The average molecular weight is 1550 g/mol. The molecule has 5 aromatic rings. The third-order valence-corrected chi connectivity index (χ3v) is 82.4. The first-order valence-electron chi connectivity index (χ1n) is 33.6. The molecule has 490 valence electrons. The summed E-state index contributed by atoms with van der Waals surface area (Å²) in [7, 11) is -20.3. The Balaban J connectivity index is 1.83. The first-order chi connectivity index (χ1) is 39.3. The van der Waals surface area contributed by atoms with Crippen LogP contribution in [0.4, 0.5) is 0 Å². The summed E-state index contributed by atoms with van der Waals surface area (Å²) in [5, 5.41) is 4.01. The van der Waals surface area contributed by atoms with Gasteiger partial charge in [-0.2, -0.15) is 0 Å². The van der Waals surface area contributed by atoms with E-state index in [4.69, 9.17) is 0 Å². The van der Waals surface area contributed by atoms with E-state index in [2.05, 4.69) is 356 Å². The van der Waals surface area contributed by atoms with Crippen molar-refractivity contribution in [1.29, 1.82) is 0 Å². The summed E-state index contributed by atoms with van der Waals surface area (Å²) < 4.78 is 6.20. The molecule has 0 atom stereocenters. The van der Waals surface area contributed by atoms with Gasteiger partial charge in [0.1, 0.15) is 0 Å². The molecule has 0 saturated carbocycles. The second-order valence-electron chi connectivity index (χ2n) is 39.8. The molecule has 0 nitrogen and oxygen atoms in total. The van der Waals surface area contributed by atoms with Crippen LogP contribution in [0.15, 0.2) is 117 Å². The Bertz CT molecular complexity index is 2800. The van der Waals surface area contributed by atoms with Crippen molar-refractivity contribution < 1.29 is 0 Å². The predicted octanol–water partition coefficient (Wildman–Crippen LogP) is 22.3. The van der Waals surface area contributed by atoms with Crippen molar-refractivity contribution in [1.82, 2.24) is 0 Å². The fourth-order valence-electron chi connectivity index (χ4n) is 18.7. The standard InChI is InChI=1S/C72H130S2Se2Si12/c1-77(2,3)67(78(4,5)6)53-49-55(69(81(13,14)15)82(16,17)18)65(56(50-53)70(83(19,20)21)84(22,23)24)73-59-43-37-39-45-61(59)75-63-47-41-42-48-64(63)76-62-46-40-38-44-60(62)74-66-57(71(85(25,26)27)86(28,29)30)51-54(68(79(7,8)9)80(10,11)12)52-58(66)72(87(31,32)33)88(34,35)36/h37-52,67-72H,1-36H3. The molecule has 88 heavy (non-hydrogen) atoms. The van der Waals surface area contributed by atoms with E-state index >= 15 is 0 Å². The predicted molar refractivity (Wildman–Crippen MR) is 447 cm³/mol. The van der Waals surface area contributed by atoms with Crippen LogP contribution < -0.4 is 17.8 Å². The number of hydrogen-bond acceptors (Lipinski definition) is 2. The quantitative estimate of drug-likeness (QED) is 0.0506. The molecule has 0 aromatic heterocycles. The summed E-state index contributed by atoms with van der Waals surface area (Å²) >= 11 is 4.67. The van der Waals surface area contributed by atoms with E-state index in [1.807, 2.05) is 0 Å². The molecule has 0 aliphatic rings. The van der Waals surface area contributed by atoms with Crippen LogP contribution in [0.25, 0.3) is 0 Å². The molecule has 0 amide bonds. The molecule has 0 aliphatic carbocycles. The zero-order valence-electron chi connectivity index (χ0n) is 63.3. The Morgan fingerprint density at radius 1 is 0.227 bits per heavy atom. The van der Waals surface area contributed by atoms with E-state index in [0.717, 1.165) is 0 Å². The summed E-state index contributed by atoms with van der Waals surface area (Å²) in [6, 6.07) is 40.9. The molecule has 0 saturated heterocycles. The normalized spacial score (nSPS) is 14.5. The van der Waals surface area contributed by atoms with Gasteiger partial charge in [0.2, 0.25) is 0 Å². The van der Waals surface area contributed by atoms with Gasteiger partial charge in [0, 0.05) is 0 Å². The van der Waals surface area contributed by atoms with Crippen LogP contribution in [0.1, 0.15) is 64.4 Å². The average Bonchev–Trinajstić information content (AvgIpc) is 0.998. The maximum atomic E-state index is 2.91. The molecule has 0 aliphatic heterocycles. The van der Waals surface area contributed by atoms with E-state index in [1.54, 1.807) is 61.0 Å². The Hall–Kier alpha value is 0.442. The minimum absolute atomic E-state index is 0.113. The van der Waals surface area contributed by atoms with Gasteiger partial charge in [-0.25, -0.2) is 0 Å². The summed E-state index contributed by atoms with van der Waals surface area (Å²) in [6.07, 6.45) is 0. The molecule has 0 unspecified atom stereocenters. The topological polar surface area (TPSA) is 0 Å². The van der Waals surface area contributed by atoms with Crippen molar-refractivity contribution in [3.63, 3.8) is 0 Å².